The molecule has 7 heteroatoms. The van der Waals surface area contributed by atoms with Crippen LogP contribution < -0.4 is 5.73 Å². The lowest BCUT2D eigenvalue weighted by atomic mass is 10.3. The zero-order valence-electron chi connectivity index (χ0n) is 9.00. The van der Waals surface area contributed by atoms with Crippen molar-refractivity contribution < 1.29 is 4.52 Å². The van der Waals surface area contributed by atoms with Crippen molar-refractivity contribution >= 4 is 32.3 Å². The van der Waals surface area contributed by atoms with Crippen molar-refractivity contribution in [1.29, 1.82) is 0 Å². The third kappa shape index (κ3) is 2.02. The van der Waals surface area contributed by atoms with Crippen molar-refractivity contribution in [3.63, 3.8) is 0 Å². The predicted octanol–water partition coefficient (Wildman–Crippen LogP) is 3.20. The minimum absolute atomic E-state index is 0.420. The second kappa shape index (κ2) is 4.51. The number of hydrogen-bond acceptors (Lipinski definition) is 6. The normalized spacial score (nSPS) is 10.7. The SMILES string of the molecule is Nc1sccc1-c1nc(-c2cncc(Br)c2)no1. The van der Waals surface area contributed by atoms with Gasteiger partial charge in [0.25, 0.3) is 5.89 Å². The van der Waals surface area contributed by atoms with E-state index >= 15 is 0 Å². The summed E-state index contributed by atoms with van der Waals surface area (Å²) in [6, 6.07) is 3.73. The molecule has 0 atom stereocenters. The lowest BCUT2D eigenvalue weighted by Crippen LogP contribution is -1.85. The highest BCUT2D eigenvalue weighted by molar-refractivity contribution is 9.10. The Balaban J connectivity index is 2.02. The highest BCUT2D eigenvalue weighted by Gasteiger charge is 2.14. The molecule has 0 fully saturated rings. The first-order valence-corrected chi connectivity index (χ1v) is 6.69. The molecular weight excluding hydrogens is 316 g/mol. The van der Waals surface area contributed by atoms with E-state index in [1.165, 1.54) is 11.3 Å². The maximum Gasteiger partial charge on any atom is 0.261 e. The van der Waals surface area contributed by atoms with Crippen LogP contribution in [-0.4, -0.2) is 15.1 Å². The van der Waals surface area contributed by atoms with E-state index in [-0.39, 0.29) is 0 Å². The number of thiophene rings is 1. The number of pyridine rings is 1. The quantitative estimate of drug-likeness (QED) is 0.783. The van der Waals surface area contributed by atoms with Gasteiger partial charge in [0.15, 0.2) is 0 Å². The topological polar surface area (TPSA) is 77.8 Å². The van der Waals surface area contributed by atoms with Gasteiger partial charge >= 0.3 is 0 Å². The van der Waals surface area contributed by atoms with E-state index in [9.17, 15) is 0 Å². The van der Waals surface area contributed by atoms with E-state index in [4.69, 9.17) is 10.3 Å². The molecule has 0 radical (unpaired) electrons. The molecule has 0 saturated carbocycles. The van der Waals surface area contributed by atoms with E-state index in [1.807, 2.05) is 17.5 Å². The minimum atomic E-state index is 0.420. The number of nitrogens with two attached hydrogens (primary N) is 1. The van der Waals surface area contributed by atoms with Gasteiger partial charge in [-0.15, -0.1) is 11.3 Å². The van der Waals surface area contributed by atoms with Crippen molar-refractivity contribution in [2.24, 2.45) is 0 Å². The van der Waals surface area contributed by atoms with Gasteiger partial charge in [0.2, 0.25) is 5.82 Å². The molecule has 3 heterocycles. The summed E-state index contributed by atoms with van der Waals surface area (Å²) in [5, 5.41) is 6.48. The molecule has 0 unspecified atom stereocenters. The van der Waals surface area contributed by atoms with Crippen LogP contribution in [0, 0.1) is 0 Å². The monoisotopic (exact) mass is 322 g/mol. The van der Waals surface area contributed by atoms with Crippen molar-refractivity contribution in [2.45, 2.75) is 0 Å². The van der Waals surface area contributed by atoms with Crippen LogP contribution in [0.5, 0.6) is 0 Å². The van der Waals surface area contributed by atoms with Crippen molar-refractivity contribution in [2.75, 3.05) is 5.73 Å². The van der Waals surface area contributed by atoms with Crippen molar-refractivity contribution in [1.82, 2.24) is 15.1 Å². The van der Waals surface area contributed by atoms with Gasteiger partial charge in [-0.05, 0) is 33.4 Å². The molecule has 18 heavy (non-hydrogen) atoms. The van der Waals surface area contributed by atoms with E-state index in [0.717, 1.165) is 15.6 Å². The standard InChI is InChI=1S/C11H7BrN4OS/c12-7-3-6(4-14-5-7)10-15-11(17-16-10)8-1-2-18-9(8)13/h1-5H,13H2. The van der Waals surface area contributed by atoms with Crippen molar-refractivity contribution in [3.8, 4) is 22.8 Å². The van der Waals surface area contributed by atoms with E-state index < -0.39 is 0 Å². The van der Waals surface area contributed by atoms with Gasteiger partial charge in [0.05, 0.1) is 10.6 Å². The Morgan fingerprint density at radius 3 is 2.94 bits per heavy atom. The maximum absolute atomic E-state index is 5.82. The summed E-state index contributed by atoms with van der Waals surface area (Å²) < 4.78 is 6.07. The number of rotatable bonds is 2. The van der Waals surface area contributed by atoms with E-state index in [1.54, 1.807) is 12.4 Å². The molecule has 0 aliphatic heterocycles. The number of hydrogen-bond donors (Lipinski definition) is 1. The first-order valence-electron chi connectivity index (χ1n) is 5.02. The third-order valence-corrected chi connectivity index (χ3v) is 3.49. The van der Waals surface area contributed by atoms with E-state index in [0.29, 0.717) is 16.7 Å². The molecule has 0 saturated heterocycles. The number of anilines is 1. The molecule has 2 N–H and O–H groups in total. The van der Waals surface area contributed by atoms with Gasteiger partial charge in [-0.1, -0.05) is 5.16 Å². The van der Waals surface area contributed by atoms with Crippen molar-refractivity contribution in [3.05, 3.63) is 34.4 Å². The molecule has 3 rings (SSSR count). The van der Waals surface area contributed by atoms with Gasteiger partial charge in [0, 0.05) is 22.4 Å². The van der Waals surface area contributed by atoms with Gasteiger partial charge in [-0.3, -0.25) is 4.98 Å². The Morgan fingerprint density at radius 1 is 1.33 bits per heavy atom. The Hall–Kier alpha value is -1.73. The number of aromatic nitrogens is 3. The Bertz CT molecular complexity index is 694. The third-order valence-electron chi connectivity index (χ3n) is 2.31. The van der Waals surface area contributed by atoms with Crippen LogP contribution in [0.2, 0.25) is 0 Å². The lowest BCUT2D eigenvalue weighted by molar-refractivity contribution is 0.432. The molecule has 0 aliphatic carbocycles. The fourth-order valence-electron chi connectivity index (χ4n) is 1.48. The zero-order chi connectivity index (χ0) is 12.5. The van der Waals surface area contributed by atoms with Crippen LogP contribution in [0.4, 0.5) is 5.00 Å². The van der Waals surface area contributed by atoms with E-state index in [2.05, 4.69) is 31.1 Å². The highest BCUT2D eigenvalue weighted by atomic mass is 79.9. The Morgan fingerprint density at radius 2 is 2.22 bits per heavy atom. The molecule has 0 amide bonds. The number of nitrogens with zero attached hydrogens (tertiary/aromatic N) is 3. The summed E-state index contributed by atoms with van der Waals surface area (Å²) in [7, 11) is 0. The minimum Gasteiger partial charge on any atom is -0.390 e. The number of halogens is 1. The molecule has 0 spiro atoms. The lowest BCUT2D eigenvalue weighted by Gasteiger charge is -1.93. The van der Waals surface area contributed by atoms with Gasteiger partial charge < -0.3 is 10.3 Å². The van der Waals surface area contributed by atoms with Crippen LogP contribution in [0.15, 0.2) is 38.9 Å². The second-order valence-electron chi connectivity index (χ2n) is 3.51. The molecule has 90 valence electrons. The van der Waals surface area contributed by atoms with Crippen LogP contribution in [0.25, 0.3) is 22.8 Å². The predicted molar refractivity (Wildman–Crippen MR) is 73.0 cm³/mol. The fraction of sp³-hybridized carbons (Fsp3) is 0. The molecular formula is C11H7BrN4OS. The van der Waals surface area contributed by atoms with Gasteiger partial charge in [-0.25, -0.2) is 0 Å². The average molecular weight is 323 g/mol. The summed E-state index contributed by atoms with van der Waals surface area (Å²) in [5.41, 5.74) is 7.37. The summed E-state index contributed by atoms with van der Waals surface area (Å²) >= 11 is 4.79. The molecule has 5 nitrogen and oxygen atoms in total. The van der Waals surface area contributed by atoms with Crippen LogP contribution in [0.1, 0.15) is 0 Å². The fourth-order valence-corrected chi connectivity index (χ4v) is 2.48. The van der Waals surface area contributed by atoms with Gasteiger partial charge in [-0.2, -0.15) is 4.98 Å². The first kappa shape index (κ1) is 11.4. The Labute approximate surface area is 115 Å². The molecule has 0 aromatic carbocycles. The zero-order valence-corrected chi connectivity index (χ0v) is 11.4. The largest absolute Gasteiger partial charge is 0.390 e. The summed E-state index contributed by atoms with van der Waals surface area (Å²) in [6.45, 7) is 0. The summed E-state index contributed by atoms with van der Waals surface area (Å²) in [6.07, 6.45) is 3.37. The Kier molecular flexibility index (Phi) is 2.85. The number of nitrogen functional groups attached to an aromatic ring is 1. The first-order chi connectivity index (χ1) is 8.74. The van der Waals surface area contributed by atoms with Gasteiger partial charge in [0.1, 0.15) is 0 Å². The highest BCUT2D eigenvalue weighted by Crippen LogP contribution is 2.30. The van der Waals surface area contributed by atoms with Crippen LogP contribution in [0.3, 0.4) is 0 Å². The summed E-state index contributed by atoms with van der Waals surface area (Å²) in [4.78, 5) is 8.37. The average Bonchev–Trinajstić information content (AvgIpc) is 2.97. The van der Waals surface area contributed by atoms with Crippen LogP contribution >= 0.6 is 27.3 Å². The smallest absolute Gasteiger partial charge is 0.261 e. The second-order valence-corrected chi connectivity index (χ2v) is 5.38. The maximum atomic E-state index is 5.82. The molecule has 3 aromatic heterocycles. The van der Waals surface area contributed by atoms with Crippen LogP contribution in [-0.2, 0) is 0 Å². The molecule has 3 aromatic rings. The molecule has 0 aliphatic rings. The molecule has 0 bridgehead atoms. The summed E-state index contributed by atoms with van der Waals surface area (Å²) in [5.74, 6) is 0.910.